The first-order valence-electron chi connectivity index (χ1n) is 8.82. The van der Waals surface area contributed by atoms with Crippen LogP contribution < -0.4 is 0 Å². The molecule has 4 aliphatic carbocycles. The number of rotatable bonds is 2. The number of hydrogen-bond donors (Lipinski definition) is 0. The van der Waals surface area contributed by atoms with Crippen molar-refractivity contribution in [3.05, 3.63) is 103 Å². The van der Waals surface area contributed by atoms with Gasteiger partial charge in [-0.15, -0.1) is 0 Å². The molecule has 0 radical (unpaired) electrons. The van der Waals surface area contributed by atoms with E-state index in [9.17, 15) is 0 Å². The van der Waals surface area contributed by atoms with Crippen LogP contribution in [-0.4, -0.2) is 4.98 Å². The van der Waals surface area contributed by atoms with Crippen LogP contribution >= 0.6 is 0 Å². The van der Waals surface area contributed by atoms with Gasteiger partial charge in [0.05, 0.1) is 11.4 Å². The summed E-state index contributed by atoms with van der Waals surface area (Å²) in [6.07, 6.45) is 0. The first-order valence-corrected chi connectivity index (χ1v) is 8.82. The molecule has 0 saturated heterocycles. The van der Waals surface area contributed by atoms with E-state index < -0.39 is 0 Å². The third-order valence-electron chi connectivity index (χ3n) is 4.80. The van der Waals surface area contributed by atoms with Crippen LogP contribution in [0.5, 0.6) is 0 Å². The molecule has 0 saturated carbocycles. The Morgan fingerprint density at radius 3 is 1.12 bits per heavy atom. The zero-order valence-electron chi connectivity index (χ0n) is 14.3. The van der Waals surface area contributed by atoms with Gasteiger partial charge in [-0.2, -0.15) is 0 Å². The molecule has 0 atom stereocenters. The van der Waals surface area contributed by atoms with Crippen LogP contribution in [0.1, 0.15) is 0 Å². The fraction of sp³-hybridized carbons (Fsp3) is 0. The van der Waals surface area contributed by atoms with Crippen molar-refractivity contribution >= 4 is 0 Å². The lowest BCUT2D eigenvalue weighted by atomic mass is 10.1. The molecule has 122 valence electrons. The van der Waals surface area contributed by atoms with E-state index in [0.29, 0.717) is 0 Å². The maximum atomic E-state index is 4.94. The molecule has 1 heteroatoms. The Morgan fingerprint density at radius 1 is 0.346 bits per heavy atom. The smallest absolute Gasteiger partial charge is 0.0709 e. The number of nitrogens with zero attached hydrogens (tertiary/aromatic N) is 1. The van der Waals surface area contributed by atoms with Gasteiger partial charge in [0.15, 0.2) is 0 Å². The Balaban J connectivity index is 1.60. The number of fused-ring (bicyclic) bond motifs is 2. The van der Waals surface area contributed by atoms with Gasteiger partial charge in [0.25, 0.3) is 0 Å². The van der Waals surface area contributed by atoms with Gasteiger partial charge in [-0.3, -0.25) is 0 Å². The molecule has 0 fully saturated rings. The van der Waals surface area contributed by atoms with Crippen molar-refractivity contribution in [3.63, 3.8) is 0 Å². The SMILES string of the molecule is c1ccc2cc(-c3cccc(-c4cc5cccccc-5c4)n3)cc-2cc1. The number of aromatic nitrogens is 1. The molecular formula is C25H17N. The minimum atomic E-state index is 1.01. The summed E-state index contributed by atoms with van der Waals surface area (Å²) < 4.78 is 0. The molecule has 0 unspecified atom stereocenters. The van der Waals surface area contributed by atoms with Crippen LogP contribution in [0.4, 0.5) is 0 Å². The van der Waals surface area contributed by atoms with Crippen molar-refractivity contribution in [2.75, 3.05) is 0 Å². The van der Waals surface area contributed by atoms with Crippen LogP contribution in [0, 0.1) is 0 Å². The fourth-order valence-electron chi connectivity index (χ4n) is 3.48. The molecule has 1 aromatic heterocycles. The van der Waals surface area contributed by atoms with Gasteiger partial charge in [-0.1, -0.05) is 66.7 Å². The number of hydrogen-bond acceptors (Lipinski definition) is 1. The van der Waals surface area contributed by atoms with E-state index in [2.05, 4.69) is 103 Å². The Hall–Kier alpha value is -3.45. The summed E-state index contributed by atoms with van der Waals surface area (Å²) in [5.41, 5.74) is 9.31. The van der Waals surface area contributed by atoms with E-state index in [1.165, 1.54) is 22.3 Å². The van der Waals surface area contributed by atoms with E-state index in [-0.39, 0.29) is 0 Å². The summed E-state index contributed by atoms with van der Waals surface area (Å²) in [7, 11) is 0. The van der Waals surface area contributed by atoms with Gasteiger partial charge in [0.1, 0.15) is 0 Å². The minimum absolute atomic E-state index is 1.01. The lowest BCUT2D eigenvalue weighted by Crippen LogP contribution is -1.84. The second-order valence-electron chi connectivity index (χ2n) is 6.54. The summed E-state index contributed by atoms with van der Waals surface area (Å²) in [5, 5.41) is 0. The van der Waals surface area contributed by atoms with Crippen molar-refractivity contribution in [3.8, 4) is 44.8 Å². The zero-order chi connectivity index (χ0) is 17.3. The molecule has 26 heavy (non-hydrogen) atoms. The summed E-state index contributed by atoms with van der Waals surface area (Å²) in [5.74, 6) is 0. The quantitative estimate of drug-likeness (QED) is 0.354. The third kappa shape index (κ3) is 2.64. The molecule has 4 aliphatic rings. The lowest BCUT2D eigenvalue weighted by molar-refractivity contribution is 1.33. The maximum absolute atomic E-state index is 4.94. The Bertz CT molecular complexity index is 993. The van der Waals surface area contributed by atoms with Crippen LogP contribution in [0.3, 0.4) is 0 Å². The average Bonchev–Trinajstić information content (AvgIpc) is 3.11. The zero-order valence-corrected chi connectivity index (χ0v) is 14.3. The molecule has 5 rings (SSSR count). The number of pyridine rings is 1. The van der Waals surface area contributed by atoms with E-state index in [0.717, 1.165) is 22.5 Å². The highest BCUT2D eigenvalue weighted by atomic mass is 14.7. The van der Waals surface area contributed by atoms with Crippen LogP contribution in [0.2, 0.25) is 0 Å². The summed E-state index contributed by atoms with van der Waals surface area (Å²) >= 11 is 0. The van der Waals surface area contributed by atoms with E-state index in [4.69, 9.17) is 4.98 Å². The molecular weight excluding hydrogens is 314 g/mol. The van der Waals surface area contributed by atoms with E-state index in [1.54, 1.807) is 0 Å². The Labute approximate surface area is 153 Å². The van der Waals surface area contributed by atoms with E-state index >= 15 is 0 Å². The van der Waals surface area contributed by atoms with Crippen molar-refractivity contribution in [1.29, 1.82) is 0 Å². The second kappa shape index (κ2) is 6.12. The minimum Gasteiger partial charge on any atom is -0.248 e. The van der Waals surface area contributed by atoms with Gasteiger partial charge >= 0.3 is 0 Å². The van der Waals surface area contributed by atoms with Crippen molar-refractivity contribution in [2.45, 2.75) is 0 Å². The standard InChI is InChI=1S/C25H17N/c1-3-8-18-14-22(15-19(18)9-4-1)24-12-7-13-25(26-24)23-16-20-10-5-2-6-11-21(20)17-23/h1-17H. The predicted molar refractivity (Wildman–Crippen MR) is 108 cm³/mol. The highest BCUT2D eigenvalue weighted by molar-refractivity contribution is 5.81. The topological polar surface area (TPSA) is 12.9 Å². The van der Waals surface area contributed by atoms with Crippen molar-refractivity contribution in [1.82, 2.24) is 4.98 Å². The molecule has 0 N–H and O–H groups in total. The maximum Gasteiger partial charge on any atom is 0.0709 e. The highest BCUT2D eigenvalue weighted by Crippen LogP contribution is 2.34. The summed E-state index contributed by atoms with van der Waals surface area (Å²) in [4.78, 5) is 4.94. The summed E-state index contributed by atoms with van der Waals surface area (Å²) in [6.45, 7) is 0. The van der Waals surface area contributed by atoms with Gasteiger partial charge in [-0.05, 0) is 58.7 Å². The Kier molecular flexibility index (Phi) is 3.50. The average molecular weight is 331 g/mol. The highest BCUT2D eigenvalue weighted by Gasteiger charge is 2.11. The normalized spacial score (nSPS) is 11.1. The molecule has 0 bridgehead atoms. The van der Waals surface area contributed by atoms with Crippen molar-refractivity contribution < 1.29 is 0 Å². The molecule has 1 heterocycles. The summed E-state index contributed by atoms with van der Waals surface area (Å²) in [6, 6.07) is 36.1. The van der Waals surface area contributed by atoms with Gasteiger partial charge in [-0.25, -0.2) is 4.98 Å². The molecule has 0 spiro atoms. The van der Waals surface area contributed by atoms with Crippen LogP contribution in [-0.2, 0) is 0 Å². The predicted octanol–water partition coefficient (Wildman–Crippen LogP) is 6.63. The largest absolute Gasteiger partial charge is 0.248 e. The molecule has 0 aliphatic heterocycles. The Morgan fingerprint density at radius 2 is 0.731 bits per heavy atom. The first kappa shape index (κ1) is 14.9. The molecule has 0 aromatic carbocycles. The fourth-order valence-corrected chi connectivity index (χ4v) is 3.48. The van der Waals surface area contributed by atoms with Crippen LogP contribution in [0.25, 0.3) is 44.8 Å². The third-order valence-corrected chi connectivity index (χ3v) is 4.80. The van der Waals surface area contributed by atoms with Gasteiger partial charge in [0, 0.05) is 11.1 Å². The van der Waals surface area contributed by atoms with Gasteiger partial charge < -0.3 is 0 Å². The second-order valence-corrected chi connectivity index (χ2v) is 6.54. The molecule has 1 aromatic rings. The molecule has 1 nitrogen and oxygen atoms in total. The monoisotopic (exact) mass is 331 g/mol. The van der Waals surface area contributed by atoms with Gasteiger partial charge in [0.2, 0.25) is 0 Å². The lowest BCUT2D eigenvalue weighted by Gasteiger charge is -2.01. The van der Waals surface area contributed by atoms with E-state index in [1.807, 2.05) is 0 Å². The van der Waals surface area contributed by atoms with Crippen molar-refractivity contribution in [2.24, 2.45) is 0 Å². The van der Waals surface area contributed by atoms with Crippen LogP contribution in [0.15, 0.2) is 103 Å². The first-order chi connectivity index (χ1) is 12.9. The molecule has 0 amide bonds.